The number of aliphatic carboxylic acids is 1. The van der Waals surface area contributed by atoms with Crippen molar-refractivity contribution < 1.29 is 45.8 Å². The monoisotopic (exact) mass is 728 g/mol. The summed E-state index contributed by atoms with van der Waals surface area (Å²) in [5.41, 5.74) is 14.8. The Morgan fingerprint density at radius 2 is 1.61 bits per heavy atom. The normalized spacial score (nSPS) is 12.7. The number of anilines is 1. The summed E-state index contributed by atoms with van der Waals surface area (Å²) in [5.74, 6) is -4.29. The molecule has 1 amide bonds. The van der Waals surface area contributed by atoms with E-state index in [1.165, 1.54) is 11.3 Å². The Balaban J connectivity index is 0.00000107. The predicted octanol–water partition coefficient (Wildman–Crippen LogP) is 3.88. The van der Waals surface area contributed by atoms with E-state index in [1.54, 1.807) is 50.2 Å². The number of guanidine groups is 1. The first kappa shape index (κ1) is 40.7. The first-order valence-corrected chi connectivity index (χ1v) is 16.8. The minimum Gasteiger partial charge on any atom is -0.475 e. The lowest BCUT2D eigenvalue weighted by molar-refractivity contribution is -0.192. The van der Waals surface area contributed by atoms with Gasteiger partial charge in [0.25, 0.3) is 5.91 Å². The van der Waals surface area contributed by atoms with Crippen LogP contribution in [0, 0.1) is 32.1 Å². The van der Waals surface area contributed by atoms with Crippen LogP contribution in [0.4, 0.5) is 18.9 Å². The first-order valence-electron chi connectivity index (χ1n) is 14.5. The maximum Gasteiger partial charge on any atom is 0.490 e. The molecule has 3 aromatic rings. The lowest BCUT2D eigenvalue weighted by Crippen LogP contribution is -2.50. The largest absolute Gasteiger partial charge is 0.490 e. The summed E-state index contributed by atoms with van der Waals surface area (Å²) < 4.78 is 66.4. The lowest BCUT2D eigenvalue weighted by atomic mass is 10.1. The van der Waals surface area contributed by atoms with Crippen molar-refractivity contribution in [3.05, 3.63) is 70.1 Å². The number of rotatable bonds is 12. The van der Waals surface area contributed by atoms with Gasteiger partial charge >= 0.3 is 18.1 Å². The third-order valence-electron chi connectivity index (χ3n) is 6.73. The summed E-state index contributed by atoms with van der Waals surface area (Å²) in [5, 5.41) is 20.1. The number of hydrogen-bond acceptors (Lipinski definition) is 9. The second-order valence-corrected chi connectivity index (χ2v) is 13.9. The van der Waals surface area contributed by atoms with Gasteiger partial charge in [0.15, 0.2) is 5.96 Å². The Morgan fingerprint density at radius 1 is 1.04 bits per heavy atom. The van der Waals surface area contributed by atoms with E-state index in [-0.39, 0.29) is 29.9 Å². The van der Waals surface area contributed by atoms with E-state index in [1.807, 2.05) is 32.9 Å². The average Bonchev–Trinajstić information content (AvgIpc) is 3.47. The minimum atomic E-state index is -5.08. The number of sulfonamides is 1. The molecule has 1 aromatic heterocycles. The molecule has 0 bridgehead atoms. The molecule has 0 fully saturated rings. The molecular formula is C31H39F3N6O7S2. The molecule has 18 heteroatoms. The Morgan fingerprint density at radius 3 is 2.14 bits per heavy atom. The topological polar surface area (TPSA) is 227 Å². The summed E-state index contributed by atoms with van der Waals surface area (Å²) in [6.07, 6.45) is -5.08. The van der Waals surface area contributed by atoms with Crippen molar-refractivity contribution in [3.63, 3.8) is 0 Å². The molecule has 13 nitrogen and oxygen atoms in total. The van der Waals surface area contributed by atoms with Crippen LogP contribution in [0.5, 0.6) is 0 Å². The number of thiophene rings is 1. The summed E-state index contributed by atoms with van der Waals surface area (Å²) in [6, 6.07) is 12.2. The Hall–Kier alpha value is -4.52. The van der Waals surface area contributed by atoms with Gasteiger partial charge in [-0.2, -0.15) is 17.9 Å². The number of carboxylic acids is 1. The van der Waals surface area contributed by atoms with Crippen LogP contribution >= 0.6 is 11.3 Å². The van der Waals surface area contributed by atoms with Crippen molar-refractivity contribution in [2.24, 2.45) is 17.4 Å². The number of aryl methyl sites for hydroxylation is 3. The van der Waals surface area contributed by atoms with E-state index >= 15 is 0 Å². The highest BCUT2D eigenvalue weighted by Crippen LogP contribution is 2.33. The number of ether oxygens (including phenoxy) is 1. The van der Waals surface area contributed by atoms with Gasteiger partial charge in [-0.25, -0.2) is 13.2 Å². The molecule has 9 N–H and O–H groups in total. The predicted molar refractivity (Wildman–Crippen MR) is 180 cm³/mol. The van der Waals surface area contributed by atoms with Gasteiger partial charge in [-0.1, -0.05) is 49.7 Å². The molecule has 0 saturated carbocycles. The third-order valence-corrected chi connectivity index (χ3v) is 9.62. The smallest absolute Gasteiger partial charge is 0.475 e. The van der Waals surface area contributed by atoms with Crippen LogP contribution in [-0.4, -0.2) is 68.7 Å². The van der Waals surface area contributed by atoms with Gasteiger partial charge in [0.2, 0.25) is 10.0 Å². The fourth-order valence-electron chi connectivity index (χ4n) is 4.32. The van der Waals surface area contributed by atoms with E-state index in [0.717, 1.165) is 16.0 Å². The Labute approximate surface area is 285 Å². The molecular weight excluding hydrogens is 690 g/mol. The van der Waals surface area contributed by atoms with Crippen molar-refractivity contribution in [2.45, 2.75) is 57.8 Å². The summed E-state index contributed by atoms with van der Waals surface area (Å²) >= 11 is 1.19. The molecule has 49 heavy (non-hydrogen) atoms. The molecule has 1 heterocycles. The highest BCUT2D eigenvalue weighted by molar-refractivity contribution is 7.89. The number of para-hydroxylation sites is 1. The number of carboxylic acid groups (broad SMARTS) is 1. The first-order chi connectivity index (χ1) is 22.6. The quantitative estimate of drug-likeness (QED) is 0.0809. The fourth-order valence-corrected chi connectivity index (χ4v) is 6.92. The number of benzene rings is 2. The molecule has 0 aliphatic heterocycles. The number of halogens is 3. The van der Waals surface area contributed by atoms with Gasteiger partial charge < -0.3 is 31.9 Å². The van der Waals surface area contributed by atoms with Crippen LogP contribution in [0.1, 0.15) is 40.2 Å². The van der Waals surface area contributed by atoms with Crippen LogP contribution in [0.3, 0.4) is 0 Å². The number of nitrogens with one attached hydrogen (secondary N) is 4. The van der Waals surface area contributed by atoms with E-state index in [9.17, 15) is 31.2 Å². The van der Waals surface area contributed by atoms with E-state index in [0.29, 0.717) is 21.7 Å². The minimum absolute atomic E-state index is 0.0364. The molecule has 0 saturated heterocycles. The second-order valence-electron chi connectivity index (χ2n) is 11.2. The number of carbonyl (C=O) groups is 3. The molecule has 2 aromatic carbocycles. The van der Waals surface area contributed by atoms with E-state index < -0.39 is 46.1 Å². The zero-order valence-corrected chi connectivity index (χ0v) is 28.9. The number of nitrogens with two attached hydrogens (primary N) is 2. The van der Waals surface area contributed by atoms with Crippen LogP contribution in [0.15, 0.2) is 53.4 Å². The SMILES string of the molecule is Cc1cc(C)c(S(=O)(=O)NC(CNC(=O)c2ccc(-c3ccccc3NC(=N)N)s2)C(=O)OCC(N)C(C)C)c(C)c1.O=C(O)C(F)(F)F. The van der Waals surface area contributed by atoms with Crippen molar-refractivity contribution in [1.82, 2.24) is 10.0 Å². The molecule has 0 spiro atoms. The van der Waals surface area contributed by atoms with Crippen LogP contribution < -0.4 is 26.8 Å². The van der Waals surface area contributed by atoms with Crippen LogP contribution in [-0.2, 0) is 24.3 Å². The lowest BCUT2D eigenvalue weighted by Gasteiger charge is -2.22. The summed E-state index contributed by atoms with van der Waals surface area (Å²) in [4.78, 5) is 36.2. The van der Waals surface area contributed by atoms with Gasteiger partial charge in [-0.05, 0) is 56.0 Å². The highest BCUT2D eigenvalue weighted by Gasteiger charge is 2.38. The molecule has 0 aliphatic rings. The van der Waals surface area contributed by atoms with Crippen molar-refractivity contribution in [3.8, 4) is 10.4 Å². The third kappa shape index (κ3) is 12.1. The number of amides is 1. The Bertz CT molecular complexity index is 1760. The average molecular weight is 729 g/mol. The van der Waals surface area contributed by atoms with Gasteiger partial charge in [0.05, 0.1) is 9.77 Å². The van der Waals surface area contributed by atoms with E-state index in [2.05, 4.69) is 15.4 Å². The second kappa shape index (κ2) is 17.2. The molecule has 268 valence electrons. The zero-order chi connectivity index (χ0) is 37.3. The van der Waals surface area contributed by atoms with Crippen molar-refractivity contribution in [2.75, 3.05) is 18.5 Å². The molecule has 3 rings (SSSR count). The van der Waals surface area contributed by atoms with Gasteiger partial charge in [0.1, 0.15) is 12.6 Å². The zero-order valence-electron chi connectivity index (χ0n) is 27.3. The maximum atomic E-state index is 13.4. The number of esters is 1. The fraction of sp³-hybridized carbons (Fsp3) is 0.355. The summed E-state index contributed by atoms with van der Waals surface area (Å²) in [7, 11) is -4.16. The molecule has 0 aliphatic carbocycles. The summed E-state index contributed by atoms with van der Waals surface area (Å²) in [6.45, 7) is 8.54. The molecule has 2 atom stereocenters. The number of carbonyl (C=O) groups excluding carboxylic acids is 2. The number of alkyl halides is 3. The van der Waals surface area contributed by atoms with Crippen molar-refractivity contribution >= 4 is 50.9 Å². The van der Waals surface area contributed by atoms with Crippen LogP contribution in [0.25, 0.3) is 10.4 Å². The van der Waals surface area contributed by atoms with Gasteiger partial charge in [-0.15, -0.1) is 11.3 Å². The standard InChI is InChI=1S/C29H38N6O5S2.C2HF3O2/c1-16(2)21(30)15-40-28(37)23(35-42(38,39)26-18(4)12-17(3)13-19(26)5)14-33-27(36)25-11-10-24(41-25)20-8-6-7-9-22(20)34-29(31)32;3-2(4,5)1(6)7/h6-13,16,21,23,35H,14-15,30H2,1-5H3,(H,33,36)(H4,31,32,34);(H,6,7). The van der Waals surface area contributed by atoms with Crippen molar-refractivity contribution in [1.29, 1.82) is 5.41 Å². The van der Waals surface area contributed by atoms with E-state index in [4.69, 9.17) is 31.5 Å². The maximum absolute atomic E-state index is 13.4. The van der Waals surface area contributed by atoms with Crippen LogP contribution in [0.2, 0.25) is 0 Å². The number of hydrogen-bond donors (Lipinski definition) is 7. The molecule has 0 radical (unpaired) electrons. The van der Waals surface area contributed by atoms with Gasteiger partial charge in [-0.3, -0.25) is 15.0 Å². The Kier molecular flexibility index (Phi) is 14.3. The highest BCUT2D eigenvalue weighted by atomic mass is 32.2. The molecule has 2 unspecified atom stereocenters. The van der Waals surface area contributed by atoms with Gasteiger partial charge in [0, 0.05) is 28.7 Å².